The average Bonchev–Trinajstić information content (AvgIpc) is 2.41. The summed E-state index contributed by atoms with van der Waals surface area (Å²) in [6.45, 7) is 6.53. The van der Waals surface area contributed by atoms with Crippen molar-refractivity contribution in [2.45, 2.75) is 19.8 Å². The minimum Gasteiger partial charge on any atom is -0.406 e. The molecule has 2 rings (SSSR count). The maximum Gasteiger partial charge on any atom is 0.494 e. The number of rotatable bonds is 4. The molecule has 0 aromatic heterocycles. The normalized spacial score (nSPS) is 17.9. The lowest BCUT2D eigenvalue weighted by molar-refractivity contribution is 0.116. The summed E-state index contributed by atoms with van der Waals surface area (Å²) in [5, 5.41) is 1.08. The van der Waals surface area contributed by atoms with Crippen LogP contribution >= 0.6 is 23.2 Å². The molecule has 0 bridgehead atoms. The molecule has 0 radical (unpaired) electrons. The molecule has 1 fully saturated rings. The van der Waals surface area contributed by atoms with E-state index >= 15 is 0 Å². The van der Waals surface area contributed by atoms with Gasteiger partial charge in [0.2, 0.25) is 0 Å². The van der Waals surface area contributed by atoms with E-state index in [-0.39, 0.29) is 7.12 Å². The van der Waals surface area contributed by atoms with Crippen LogP contribution in [0.3, 0.4) is 0 Å². The molecule has 1 heterocycles. The van der Waals surface area contributed by atoms with Gasteiger partial charge in [-0.1, -0.05) is 42.6 Å². The van der Waals surface area contributed by atoms with Gasteiger partial charge in [0.05, 0.1) is 10.0 Å². The molecular formula is C14H20BCl2NO2. The van der Waals surface area contributed by atoms with Crippen molar-refractivity contribution in [3.8, 4) is 0 Å². The fourth-order valence-corrected chi connectivity index (χ4v) is 2.50. The highest BCUT2D eigenvalue weighted by molar-refractivity contribution is 6.62. The number of halogens is 2. The average molecular weight is 316 g/mol. The molecule has 3 nitrogen and oxygen atoms in total. The molecule has 0 spiro atoms. The first-order valence-corrected chi connectivity index (χ1v) is 7.87. The van der Waals surface area contributed by atoms with Gasteiger partial charge < -0.3 is 9.31 Å². The molecule has 1 saturated heterocycles. The molecule has 0 unspecified atom stereocenters. The van der Waals surface area contributed by atoms with E-state index in [1.54, 1.807) is 6.07 Å². The first-order chi connectivity index (χ1) is 9.70. The molecule has 6 heteroatoms. The van der Waals surface area contributed by atoms with Crippen molar-refractivity contribution in [3.63, 3.8) is 0 Å². The van der Waals surface area contributed by atoms with Crippen molar-refractivity contribution in [1.29, 1.82) is 0 Å². The number of hydrogen-bond acceptors (Lipinski definition) is 3. The lowest BCUT2D eigenvalue weighted by Crippen LogP contribution is -2.44. The summed E-state index contributed by atoms with van der Waals surface area (Å²) in [4.78, 5) is 2.38. The van der Waals surface area contributed by atoms with E-state index in [2.05, 4.69) is 11.8 Å². The molecule has 0 N–H and O–H groups in total. The van der Waals surface area contributed by atoms with Crippen LogP contribution in [0.5, 0.6) is 0 Å². The number of unbranched alkanes of at least 4 members (excludes halogenated alkanes) is 1. The Hall–Kier alpha value is -0.255. The van der Waals surface area contributed by atoms with E-state index in [1.165, 1.54) is 12.8 Å². The number of hydrogen-bond donors (Lipinski definition) is 0. The summed E-state index contributed by atoms with van der Waals surface area (Å²) in [6, 6.07) is 5.48. The van der Waals surface area contributed by atoms with Crippen molar-refractivity contribution in [3.05, 3.63) is 28.2 Å². The summed E-state index contributed by atoms with van der Waals surface area (Å²) in [7, 11) is -0.349. The van der Waals surface area contributed by atoms with Crippen molar-refractivity contribution >= 4 is 35.8 Å². The Morgan fingerprint density at radius 1 is 1.15 bits per heavy atom. The molecule has 1 aromatic rings. The lowest BCUT2D eigenvalue weighted by Gasteiger charge is -2.27. The maximum atomic E-state index is 6.04. The topological polar surface area (TPSA) is 21.7 Å². The van der Waals surface area contributed by atoms with Crippen molar-refractivity contribution in [1.82, 2.24) is 4.90 Å². The molecule has 20 heavy (non-hydrogen) atoms. The second-order valence-corrected chi connectivity index (χ2v) is 5.76. The van der Waals surface area contributed by atoms with Gasteiger partial charge in [0, 0.05) is 26.3 Å². The molecule has 1 aromatic carbocycles. The molecule has 0 atom stereocenters. The Labute approximate surface area is 131 Å². The minimum absolute atomic E-state index is 0.349. The van der Waals surface area contributed by atoms with Crippen LogP contribution in [0, 0.1) is 0 Å². The molecule has 110 valence electrons. The van der Waals surface area contributed by atoms with Gasteiger partial charge in [-0.25, -0.2) is 0 Å². The minimum atomic E-state index is -0.349. The zero-order chi connectivity index (χ0) is 14.4. The van der Waals surface area contributed by atoms with Crippen molar-refractivity contribution < 1.29 is 9.31 Å². The van der Waals surface area contributed by atoms with E-state index in [4.69, 9.17) is 32.5 Å². The van der Waals surface area contributed by atoms with E-state index in [0.29, 0.717) is 23.3 Å². The van der Waals surface area contributed by atoms with Crippen LogP contribution < -0.4 is 5.46 Å². The standard InChI is InChI=1S/C14H20BCl2NO2/c1-2-3-6-18-7-9-19-15(20-10-8-18)12-4-5-13(16)14(17)11-12/h4-5,11H,2-3,6-10H2,1H3. The van der Waals surface area contributed by atoms with Gasteiger partial charge in [0.1, 0.15) is 0 Å². The Kier molecular flexibility index (Phi) is 6.65. The fourth-order valence-electron chi connectivity index (χ4n) is 2.19. The zero-order valence-electron chi connectivity index (χ0n) is 11.8. The number of nitrogens with zero attached hydrogens (tertiary/aromatic N) is 1. The van der Waals surface area contributed by atoms with Crippen LogP contribution in [0.4, 0.5) is 0 Å². The lowest BCUT2D eigenvalue weighted by atomic mass is 9.78. The highest BCUT2D eigenvalue weighted by atomic mass is 35.5. The summed E-state index contributed by atoms with van der Waals surface area (Å²) in [6.07, 6.45) is 2.43. The van der Waals surface area contributed by atoms with Crippen molar-refractivity contribution in [2.24, 2.45) is 0 Å². The predicted octanol–water partition coefficient (Wildman–Crippen LogP) is 2.84. The van der Waals surface area contributed by atoms with Crippen LogP contribution in [0.2, 0.25) is 10.0 Å². The molecular weight excluding hydrogens is 296 g/mol. The van der Waals surface area contributed by atoms with Crippen LogP contribution in [0.15, 0.2) is 18.2 Å². The van der Waals surface area contributed by atoms with Crippen molar-refractivity contribution in [2.75, 3.05) is 32.8 Å². The summed E-state index contributed by atoms with van der Waals surface area (Å²) >= 11 is 12.0. The van der Waals surface area contributed by atoms with Crippen LogP contribution in [-0.2, 0) is 9.31 Å². The first kappa shape index (κ1) is 16.1. The second-order valence-electron chi connectivity index (χ2n) is 4.94. The van der Waals surface area contributed by atoms with E-state index < -0.39 is 0 Å². The monoisotopic (exact) mass is 315 g/mol. The van der Waals surface area contributed by atoms with Gasteiger partial charge in [-0.2, -0.15) is 0 Å². The largest absolute Gasteiger partial charge is 0.494 e. The van der Waals surface area contributed by atoms with E-state index in [0.717, 1.165) is 25.1 Å². The quantitative estimate of drug-likeness (QED) is 0.798. The van der Waals surface area contributed by atoms with Crippen LogP contribution in [0.1, 0.15) is 19.8 Å². The summed E-state index contributed by atoms with van der Waals surface area (Å²) in [5.74, 6) is 0. The Balaban J connectivity index is 1.91. The van der Waals surface area contributed by atoms with Gasteiger partial charge in [0.15, 0.2) is 0 Å². The molecule has 0 saturated carbocycles. The van der Waals surface area contributed by atoms with Gasteiger partial charge >= 0.3 is 7.12 Å². The SMILES string of the molecule is CCCCN1CCOB(c2ccc(Cl)c(Cl)c2)OCC1. The van der Waals surface area contributed by atoms with E-state index in [1.807, 2.05) is 12.1 Å². The molecule has 0 amide bonds. The Morgan fingerprint density at radius 3 is 2.45 bits per heavy atom. The second kappa shape index (κ2) is 8.25. The van der Waals surface area contributed by atoms with Gasteiger partial charge in [-0.3, -0.25) is 4.90 Å². The number of benzene rings is 1. The Bertz CT molecular complexity index is 424. The molecule has 1 aliphatic rings. The highest BCUT2D eigenvalue weighted by Gasteiger charge is 2.24. The summed E-state index contributed by atoms with van der Waals surface area (Å²) < 4.78 is 11.6. The smallest absolute Gasteiger partial charge is 0.406 e. The maximum absolute atomic E-state index is 6.04. The van der Waals surface area contributed by atoms with Gasteiger partial charge in [0.25, 0.3) is 0 Å². The third-order valence-corrected chi connectivity index (χ3v) is 4.14. The first-order valence-electron chi connectivity index (χ1n) is 7.11. The Morgan fingerprint density at radius 2 is 1.85 bits per heavy atom. The van der Waals surface area contributed by atoms with Crippen LogP contribution in [0.25, 0.3) is 0 Å². The van der Waals surface area contributed by atoms with Crippen LogP contribution in [-0.4, -0.2) is 44.9 Å². The predicted molar refractivity (Wildman–Crippen MR) is 85.1 cm³/mol. The van der Waals surface area contributed by atoms with Gasteiger partial charge in [-0.15, -0.1) is 0 Å². The summed E-state index contributed by atoms with van der Waals surface area (Å²) in [5.41, 5.74) is 0.918. The fraction of sp³-hybridized carbons (Fsp3) is 0.571. The van der Waals surface area contributed by atoms with Gasteiger partial charge in [-0.05, 0) is 30.6 Å². The third kappa shape index (κ3) is 4.64. The highest BCUT2D eigenvalue weighted by Crippen LogP contribution is 2.19. The molecule has 0 aliphatic carbocycles. The third-order valence-electron chi connectivity index (χ3n) is 3.40. The zero-order valence-corrected chi connectivity index (χ0v) is 13.3. The van der Waals surface area contributed by atoms with E-state index in [9.17, 15) is 0 Å². The molecule has 1 aliphatic heterocycles.